The molecule has 0 aromatic carbocycles. The van der Waals surface area contributed by atoms with E-state index in [1.54, 1.807) is 24.4 Å². The largest absolute Gasteiger partial charge is 0.466 e. The Morgan fingerprint density at radius 1 is 1.54 bits per heavy atom. The first kappa shape index (κ1) is 17.1. The Morgan fingerprint density at radius 3 is 3.08 bits per heavy atom. The average Bonchev–Trinajstić information content (AvgIpc) is 3.26. The fourth-order valence-electron chi connectivity index (χ4n) is 2.69. The van der Waals surface area contributed by atoms with Gasteiger partial charge in [0.25, 0.3) is 10.0 Å². The lowest BCUT2D eigenvalue weighted by Gasteiger charge is -2.30. The molecule has 1 aliphatic rings. The Morgan fingerprint density at radius 2 is 2.38 bits per heavy atom. The lowest BCUT2D eigenvalue weighted by molar-refractivity contribution is -0.149. The second-order valence-corrected chi connectivity index (χ2v) is 8.56. The molecule has 1 saturated heterocycles. The van der Waals surface area contributed by atoms with Gasteiger partial charge in [-0.15, -0.1) is 11.3 Å². The van der Waals surface area contributed by atoms with Crippen molar-refractivity contribution in [2.45, 2.75) is 24.0 Å². The maximum atomic E-state index is 12.8. The summed E-state index contributed by atoms with van der Waals surface area (Å²) in [6.45, 7) is 2.62. The maximum absolute atomic E-state index is 12.8. The van der Waals surface area contributed by atoms with Crippen LogP contribution in [0.2, 0.25) is 0 Å². The summed E-state index contributed by atoms with van der Waals surface area (Å²) in [5.74, 6) is -0.205. The molecule has 3 heterocycles. The molecule has 1 aliphatic heterocycles. The first-order chi connectivity index (χ1) is 11.5. The van der Waals surface area contributed by atoms with Gasteiger partial charge in [-0.05, 0) is 25.8 Å². The van der Waals surface area contributed by atoms with E-state index in [0.717, 1.165) is 11.3 Å². The number of thiophene rings is 1. The van der Waals surface area contributed by atoms with Crippen molar-refractivity contribution in [1.29, 1.82) is 0 Å². The first-order valence-corrected chi connectivity index (χ1v) is 10.0. The van der Waals surface area contributed by atoms with E-state index in [0.29, 0.717) is 37.3 Å². The molecule has 0 saturated carbocycles. The molecule has 1 atom stereocenters. The standard InChI is InChI=1S/C15H18N2O5S2/c1-2-21-15(18)11-4-3-7-17(9-11)24(19,20)14-8-12(10-23-14)13-5-6-16-22-13/h5-6,8,10-11H,2-4,7,9H2,1H3/t11-/m0/s1. The molecule has 0 radical (unpaired) electrons. The smallest absolute Gasteiger partial charge is 0.310 e. The van der Waals surface area contributed by atoms with E-state index in [1.807, 2.05) is 0 Å². The highest BCUT2D eigenvalue weighted by Gasteiger charge is 2.34. The quantitative estimate of drug-likeness (QED) is 0.751. The van der Waals surface area contributed by atoms with Crippen molar-refractivity contribution in [3.8, 4) is 11.3 Å². The number of rotatable bonds is 5. The number of sulfonamides is 1. The van der Waals surface area contributed by atoms with Crippen LogP contribution in [-0.2, 0) is 19.6 Å². The summed E-state index contributed by atoms with van der Waals surface area (Å²) >= 11 is 1.13. The molecule has 0 unspecified atom stereocenters. The predicted octanol–water partition coefficient (Wildman–Crippen LogP) is 2.37. The Balaban J connectivity index is 1.79. The van der Waals surface area contributed by atoms with Gasteiger partial charge in [0.1, 0.15) is 4.21 Å². The molecule has 1 fully saturated rings. The molecule has 24 heavy (non-hydrogen) atoms. The van der Waals surface area contributed by atoms with Gasteiger partial charge in [0.05, 0.1) is 18.7 Å². The van der Waals surface area contributed by atoms with Crippen molar-refractivity contribution in [3.63, 3.8) is 0 Å². The minimum absolute atomic E-state index is 0.163. The van der Waals surface area contributed by atoms with Crippen molar-refractivity contribution >= 4 is 27.3 Å². The van der Waals surface area contributed by atoms with Gasteiger partial charge < -0.3 is 9.26 Å². The number of nitrogens with zero attached hydrogens (tertiary/aromatic N) is 2. The first-order valence-electron chi connectivity index (χ1n) is 7.68. The summed E-state index contributed by atoms with van der Waals surface area (Å²) in [6, 6.07) is 3.25. The molecule has 0 spiro atoms. The molecule has 3 rings (SSSR count). The topological polar surface area (TPSA) is 89.7 Å². The van der Waals surface area contributed by atoms with E-state index in [1.165, 1.54) is 10.5 Å². The molecule has 0 bridgehead atoms. The fourth-order valence-corrected chi connectivity index (χ4v) is 5.53. The molecule has 7 nitrogen and oxygen atoms in total. The number of aromatic nitrogens is 1. The molecule has 0 N–H and O–H groups in total. The van der Waals surface area contributed by atoms with Crippen LogP contribution in [-0.4, -0.2) is 43.5 Å². The maximum Gasteiger partial charge on any atom is 0.310 e. The summed E-state index contributed by atoms with van der Waals surface area (Å²) in [5, 5.41) is 5.35. The number of hydrogen-bond acceptors (Lipinski definition) is 7. The predicted molar refractivity (Wildman–Crippen MR) is 87.9 cm³/mol. The molecule has 2 aromatic rings. The number of carbonyl (C=O) groups is 1. The van der Waals surface area contributed by atoms with E-state index < -0.39 is 15.9 Å². The van der Waals surface area contributed by atoms with Crippen LogP contribution in [0.3, 0.4) is 0 Å². The van der Waals surface area contributed by atoms with Crippen molar-refractivity contribution < 1.29 is 22.5 Å². The lowest BCUT2D eigenvalue weighted by Crippen LogP contribution is -2.42. The van der Waals surface area contributed by atoms with Gasteiger partial charge in [0.2, 0.25) is 0 Å². The molecule has 0 amide bonds. The molecule has 130 valence electrons. The molecule has 0 aliphatic carbocycles. The number of esters is 1. The summed E-state index contributed by atoms with van der Waals surface area (Å²) in [6.07, 6.45) is 2.80. The van der Waals surface area contributed by atoms with Gasteiger partial charge in [0, 0.05) is 30.1 Å². The summed E-state index contributed by atoms with van der Waals surface area (Å²) < 4.78 is 37.3. The minimum Gasteiger partial charge on any atom is -0.466 e. The van der Waals surface area contributed by atoms with Crippen molar-refractivity contribution in [2.24, 2.45) is 5.92 Å². The van der Waals surface area contributed by atoms with Gasteiger partial charge in [-0.3, -0.25) is 4.79 Å². The van der Waals surface area contributed by atoms with Crippen LogP contribution in [0.25, 0.3) is 11.3 Å². The zero-order valence-electron chi connectivity index (χ0n) is 13.2. The number of piperidine rings is 1. The Bertz CT molecular complexity index is 798. The second kappa shape index (κ2) is 7.04. The number of hydrogen-bond donors (Lipinski definition) is 0. The molecule has 9 heteroatoms. The second-order valence-electron chi connectivity index (χ2n) is 5.49. The number of carbonyl (C=O) groups excluding carboxylic acids is 1. The SMILES string of the molecule is CCOC(=O)[C@H]1CCCN(S(=O)(=O)c2cc(-c3ccno3)cs2)C1. The summed E-state index contributed by atoms with van der Waals surface area (Å²) in [7, 11) is -3.63. The van der Waals surface area contributed by atoms with Crippen LogP contribution in [0.15, 0.2) is 32.4 Å². The lowest BCUT2D eigenvalue weighted by atomic mass is 10.0. The van der Waals surface area contributed by atoms with E-state index >= 15 is 0 Å². The van der Waals surface area contributed by atoms with Crippen LogP contribution in [0, 0.1) is 5.92 Å². The van der Waals surface area contributed by atoms with Crippen LogP contribution < -0.4 is 0 Å². The van der Waals surface area contributed by atoms with Crippen LogP contribution in [0.4, 0.5) is 0 Å². The monoisotopic (exact) mass is 370 g/mol. The minimum atomic E-state index is -3.63. The molecular formula is C15H18N2O5S2. The van der Waals surface area contributed by atoms with E-state index in [4.69, 9.17) is 9.26 Å². The molecule has 2 aromatic heterocycles. The van der Waals surface area contributed by atoms with Crippen LogP contribution in [0.5, 0.6) is 0 Å². The normalized spacial score (nSPS) is 19.3. The highest BCUT2D eigenvalue weighted by Crippen LogP contribution is 2.32. The molecular weight excluding hydrogens is 352 g/mol. The third kappa shape index (κ3) is 3.38. The van der Waals surface area contributed by atoms with Gasteiger partial charge >= 0.3 is 5.97 Å². The van der Waals surface area contributed by atoms with E-state index in [-0.39, 0.29) is 16.7 Å². The van der Waals surface area contributed by atoms with Crippen LogP contribution in [0.1, 0.15) is 19.8 Å². The van der Waals surface area contributed by atoms with E-state index in [2.05, 4.69) is 5.16 Å². The average molecular weight is 370 g/mol. The van der Waals surface area contributed by atoms with Gasteiger partial charge in [0.15, 0.2) is 5.76 Å². The highest BCUT2D eigenvalue weighted by atomic mass is 32.2. The van der Waals surface area contributed by atoms with Crippen molar-refractivity contribution in [2.75, 3.05) is 19.7 Å². The Labute approximate surface area is 144 Å². The summed E-state index contributed by atoms with van der Waals surface area (Å²) in [4.78, 5) is 11.9. The summed E-state index contributed by atoms with van der Waals surface area (Å²) in [5.41, 5.74) is 0.676. The van der Waals surface area contributed by atoms with Gasteiger partial charge in [-0.2, -0.15) is 4.31 Å². The third-order valence-electron chi connectivity index (χ3n) is 3.90. The van der Waals surface area contributed by atoms with Gasteiger partial charge in [-0.25, -0.2) is 8.42 Å². The van der Waals surface area contributed by atoms with Crippen molar-refractivity contribution in [1.82, 2.24) is 9.46 Å². The zero-order chi connectivity index (χ0) is 17.2. The van der Waals surface area contributed by atoms with E-state index in [9.17, 15) is 13.2 Å². The fraction of sp³-hybridized carbons (Fsp3) is 0.467. The Hall–Kier alpha value is -1.71. The number of ether oxygens (including phenoxy) is 1. The zero-order valence-corrected chi connectivity index (χ0v) is 14.8. The van der Waals surface area contributed by atoms with Gasteiger partial charge in [-0.1, -0.05) is 5.16 Å². The van der Waals surface area contributed by atoms with Crippen molar-refractivity contribution in [3.05, 3.63) is 23.7 Å². The van der Waals surface area contributed by atoms with Crippen LogP contribution >= 0.6 is 11.3 Å². The third-order valence-corrected chi connectivity index (χ3v) is 7.18. The highest BCUT2D eigenvalue weighted by molar-refractivity contribution is 7.91. The Kier molecular flexibility index (Phi) is 5.02.